The molecule has 3 aromatic rings. The molecule has 0 spiro atoms. The van der Waals surface area contributed by atoms with E-state index in [1.807, 2.05) is 12.1 Å². The normalized spacial score (nSPS) is 16.1. The quantitative estimate of drug-likeness (QED) is 0.394. The summed E-state index contributed by atoms with van der Waals surface area (Å²) in [4.78, 5) is 14.5. The fourth-order valence-electron chi connectivity index (χ4n) is 4.71. The van der Waals surface area contributed by atoms with Gasteiger partial charge in [-0.15, -0.1) is 0 Å². The van der Waals surface area contributed by atoms with E-state index in [1.165, 1.54) is 61.1 Å². The third-order valence-electron chi connectivity index (χ3n) is 6.66. The first kappa shape index (κ1) is 29.5. The molecule has 14 heteroatoms. The minimum Gasteiger partial charge on any atom is -0.271 e. The molecule has 0 fully saturated rings. The van der Waals surface area contributed by atoms with E-state index in [-0.39, 0.29) is 44.2 Å². The van der Waals surface area contributed by atoms with Crippen molar-refractivity contribution < 1.29 is 26.0 Å². The number of amides is 2. The van der Waals surface area contributed by atoms with Crippen molar-refractivity contribution in [2.75, 3.05) is 11.2 Å². The molecule has 2 heterocycles. The number of nitriles is 2. The van der Waals surface area contributed by atoms with Gasteiger partial charge in [-0.3, -0.25) is 9.58 Å². The Kier molecular flexibility index (Phi) is 7.76. The highest BCUT2D eigenvalue weighted by molar-refractivity contribution is 7.91. The highest BCUT2D eigenvalue weighted by atomic mass is 32.2. The summed E-state index contributed by atoms with van der Waals surface area (Å²) in [5.74, 6) is 0. The molecule has 2 amide bonds. The first-order valence-corrected chi connectivity index (χ1v) is 15.6. The van der Waals surface area contributed by atoms with Gasteiger partial charge in [-0.1, -0.05) is 18.2 Å². The molecule has 0 N–H and O–H groups in total. The van der Waals surface area contributed by atoms with E-state index in [4.69, 9.17) is 0 Å². The van der Waals surface area contributed by atoms with Crippen LogP contribution in [0.4, 0.5) is 14.9 Å². The van der Waals surface area contributed by atoms with Gasteiger partial charge in [-0.2, -0.15) is 15.6 Å². The predicted molar refractivity (Wildman–Crippen MR) is 146 cm³/mol. The summed E-state index contributed by atoms with van der Waals surface area (Å²) in [6.07, 6.45) is 2.12. The van der Waals surface area contributed by atoms with Crippen molar-refractivity contribution in [2.45, 2.75) is 49.8 Å². The molecule has 0 unspecified atom stereocenters. The molecule has 0 saturated heterocycles. The average Bonchev–Trinajstić information content (AvgIpc) is 3.33. The lowest BCUT2D eigenvalue weighted by Gasteiger charge is -2.41. The number of carbonyl (C=O) groups is 1. The number of urea groups is 1. The van der Waals surface area contributed by atoms with Gasteiger partial charge in [-0.25, -0.2) is 30.3 Å². The van der Waals surface area contributed by atoms with Crippen LogP contribution in [0.15, 0.2) is 69.7 Å². The Morgan fingerprint density at radius 1 is 1.02 bits per heavy atom. The Bertz CT molecular complexity index is 1900. The summed E-state index contributed by atoms with van der Waals surface area (Å²) in [5, 5.41) is 23.9. The molecule has 1 atom stereocenters. The first-order chi connectivity index (χ1) is 19.3. The molecular formula is C27H25FN6O5S2. The minimum atomic E-state index is -4.79. The summed E-state index contributed by atoms with van der Waals surface area (Å²) >= 11 is 0. The highest BCUT2D eigenvalue weighted by Gasteiger charge is 2.48. The van der Waals surface area contributed by atoms with E-state index in [9.17, 15) is 36.5 Å². The fraction of sp³-hybridized carbons (Fsp3) is 0.259. The molecule has 2 aromatic carbocycles. The van der Waals surface area contributed by atoms with Gasteiger partial charge in [0.15, 0.2) is 9.84 Å². The summed E-state index contributed by atoms with van der Waals surface area (Å²) in [6.45, 7) is 4.08. The topological polar surface area (TPSA) is 157 Å². The molecule has 0 saturated carbocycles. The fourth-order valence-corrected chi connectivity index (χ4v) is 7.32. The van der Waals surface area contributed by atoms with Crippen molar-refractivity contribution in [1.82, 2.24) is 14.1 Å². The van der Waals surface area contributed by atoms with E-state index in [1.54, 1.807) is 6.92 Å². The molecule has 1 aliphatic rings. The van der Waals surface area contributed by atoms with E-state index < -0.39 is 43.5 Å². The van der Waals surface area contributed by atoms with Crippen molar-refractivity contribution in [1.29, 1.82) is 10.5 Å². The number of carbonyl (C=O) groups excluding carboxylic acids is 1. The van der Waals surface area contributed by atoms with Crippen LogP contribution in [0.2, 0.25) is 0 Å². The Morgan fingerprint density at radius 3 is 2.29 bits per heavy atom. The molecule has 0 radical (unpaired) electrons. The molecule has 0 aliphatic carbocycles. The molecule has 0 bridgehead atoms. The Hall–Kier alpha value is -4.53. The van der Waals surface area contributed by atoms with Crippen LogP contribution in [-0.2, 0) is 33.1 Å². The number of halogens is 1. The van der Waals surface area contributed by atoms with E-state index in [2.05, 4.69) is 5.10 Å². The number of aromatic nitrogens is 2. The number of anilines is 1. The number of alkyl halides is 1. The van der Waals surface area contributed by atoms with E-state index in [0.717, 1.165) is 17.2 Å². The summed E-state index contributed by atoms with van der Waals surface area (Å²) < 4.78 is 69.7. The van der Waals surface area contributed by atoms with Crippen LogP contribution in [0.1, 0.15) is 42.3 Å². The lowest BCUT2D eigenvalue weighted by Crippen LogP contribution is -2.52. The van der Waals surface area contributed by atoms with Crippen molar-refractivity contribution >= 4 is 31.6 Å². The molecule has 11 nitrogen and oxygen atoms in total. The maximum absolute atomic E-state index is 14.3. The maximum Gasteiger partial charge on any atom is 0.343 e. The number of sulfone groups is 1. The average molecular weight is 597 g/mol. The number of rotatable bonds is 7. The molecule has 41 heavy (non-hydrogen) atoms. The van der Waals surface area contributed by atoms with Crippen molar-refractivity contribution in [3.63, 3.8) is 0 Å². The van der Waals surface area contributed by atoms with Crippen LogP contribution < -0.4 is 4.90 Å². The maximum atomic E-state index is 14.3. The largest absolute Gasteiger partial charge is 0.343 e. The van der Waals surface area contributed by atoms with E-state index in [0.29, 0.717) is 10.8 Å². The highest BCUT2D eigenvalue weighted by Crippen LogP contribution is 2.44. The summed E-state index contributed by atoms with van der Waals surface area (Å²) in [6, 6.07) is 10.3. The standard InChI is InChI=1S/C27H25FN6O5S2/c1-5-32-16-25(17(2)31-32)41(38,39)34-26(22-10-9-20(14-29)12-24(22)40(4,36)37)23(15-30)18(3)33(27(34)35)21-8-6-7-19(11-21)13-28/h6-12,16,26H,5,13H2,1-4H3/t26-/m1/s1. The Balaban J connectivity index is 2.12. The number of hydrogen-bond donors (Lipinski definition) is 0. The smallest absolute Gasteiger partial charge is 0.271 e. The van der Waals surface area contributed by atoms with Gasteiger partial charge in [0.05, 0.1) is 39.6 Å². The number of benzene rings is 2. The van der Waals surface area contributed by atoms with Crippen LogP contribution in [0.25, 0.3) is 0 Å². The third kappa shape index (κ3) is 5.08. The SMILES string of the molecule is CCn1cc(S(=O)(=O)N2C(=O)N(c3cccc(CF)c3)C(C)=C(C#N)[C@H]2c2ccc(C#N)cc2S(C)(=O)=O)c(C)n1. The van der Waals surface area contributed by atoms with Gasteiger partial charge in [0.1, 0.15) is 17.6 Å². The van der Waals surface area contributed by atoms with Crippen LogP contribution in [0.5, 0.6) is 0 Å². The summed E-state index contributed by atoms with van der Waals surface area (Å²) in [7, 11) is -8.88. The first-order valence-electron chi connectivity index (χ1n) is 12.2. The van der Waals surface area contributed by atoms with Crippen molar-refractivity contribution in [3.8, 4) is 12.1 Å². The van der Waals surface area contributed by atoms with Crippen molar-refractivity contribution in [3.05, 3.63) is 82.3 Å². The van der Waals surface area contributed by atoms with Gasteiger partial charge in [0.2, 0.25) is 0 Å². The van der Waals surface area contributed by atoms with Crippen LogP contribution in [-0.4, -0.2) is 43.2 Å². The van der Waals surface area contributed by atoms with E-state index >= 15 is 0 Å². The summed E-state index contributed by atoms with van der Waals surface area (Å²) in [5.41, 5.74) is -0.0180. The Labute approximate surface area is 237 Å². The molecule has 1 aromatic heterocycles. The number of hydrogen-bond acceptors (Lipinski definition) is 8. The number of aryl methyl sites for hydroxylation is 2. The third-order valence-corrected chi connectivity index (χ3v) is 9.65. The number of allylic oxidation sites excluding steroid dienone is 1. The minimum absolute atomic E-state index is 0.0188. The second-order valence-corrected chi connectivity index (χ2v) is 13.1. The number of sulfonamides is 1. The molecule has 1 aliphatic heterocycles. The van der Waals surface area contributed by atoms with Gasteiger partial charge >= 0.3 is 6.03 Å². The second kappa shape index (κ2) is 10.8. The second-order valence-electron chi connectivity index (χ2n) is 9.31. The predicted octanol–water partition coefficient (Wildman–Crippen LogP) is 4.13. The van der Waals surface area contributed by atoms with Crippen molar-refractivity contribution in [2.24, 2.45) is 0 Å². The van der Waals surface area contributed by atoms with Gasteiger partial charge in [0, 0.05) is 24.7 Å². The van der Waals surface area contributed by atoms with Gasteiger partial charge in [-0.05, 0) is 56.2 Å². The zero-order chi connectivity index (χ0) is 30.3. The van der Waals surface area contributed by atoms with Gasteiger partial charge < -0.3 is 0 Å². The van der Waals surface area contributed by atoms with Crippen LogP contribution in [0.3, 0.4) is 0 Å². The van der Waals surface area contributed by atoms with Crippen LogP contribution in [0, 0.1) is 29.6 Å². The Morgan fingerprint density at radius 2 is 1.73 bits per heavy atom. The lowest BCUT2D eigenvalue weighted by atomic mass is 9.94. The van der Waals surface area contributed by atoms with Crippen LogP contribution >= 0.6 is 0 Å². The number of nitrogens with zero attached hydrogens (tertiary/aromatic N) is 6. The zero-order valence-corrected chi connectivity index (χ0v) is 24.2. The molecule has 4 rings (SSSR count). The molecule has 212 valence electrons. The zero-order valence-electron chi connectivity index (χ0n) is 22.5. The monoisotopic (exact) mass is 596 g/mol. The van der Waals surface area contributed by atoms with Gasteiger partial charge in [0.25, 0.3) is 10.0 Å². The molecular weight excluding hydrogens is 571 g/mol. The lowest BCUT2D eigenvalue weighted by molar-refractivity contribution is 0.220.